The molecule has 0 aliphatic rings. The number of carboxylic acids is 1. The van der Waals surface area contributed by atoms with E-state index in [9.17, 15) is 9.59 Å². The number of carbonyl (C=O) groups excluding carboxylic acids is 1. The molecule has 0 aromatic heterocycles. The van der Waals surface area contributed by atoms with Crippen LogP contribution >= 0.6 is 0 Å². The summed E-state index contributed by atoms with van der Waals surface area (Å²) in [6.07, 6.45) is -0.0823. The highest BCUT2D eigenvalue weighted by Gasteiger charge is 2.16. The first-order chi connectivity index (χ1) is 6.87. The molecule has 0 radical (unpaired) electrons. The van der Waals surface area contributed by atoms with E-state index in [4.69, 9.17) is 9.84 Å². The topological polar surface area (TPSA) is 87.7 Å². The van der Waals surface area contributed by atoms with E-state index in [-0.39, 0.29) is 19.0 Å². The van der Waals surface area contributed by atoms with Crippen LogP contribution in [0.3, 0.4) is 0 Å². The molecule has 15 heavy (non-hydrogen) atoms. The molecule has 0 saturated heterocycles. The lowest BCUT2D eigenvalue weighted by Gasteiger charge is -2.23. The molecule has 0 spiro atoms. The second-order valence-corrected chi connectivity index (χ2v) is 3.72. The number of carboxylic acid groups (broad SMARTS) is 1. The predicted octanol–water partition coefficient (Wildman–Crippen LogP) is 0.185. The molecule has 3 N–H and O–H groups in total. The minimum Gasteiger partial charge on any atom is -0.481 e. The molecule has 6 heteroatoms. The van der Waals surface area contributed by atoms with Crippen LogP contribution in [-0.2, 0) is 9.53 Å². The van der Waals surface area contributed by atoms with Gasteiger partial charge in [0, 0.05) is 20.2 Å². The first-order valence-corrected chi connectivity index (χ1v) is 4.66. The van der Waals surface area contributed by atoms with E-state index >= 15 is 0 Å². The molecule has 0 saturated carbocycles. The normalized spacial score (nSPS) is 10.9. The van der Waals surface area contributed by atoms with E-state index in [1.54, 1.807) is 7.11 Å². The van der Waals surface area contributed by atoms with E-state index in [1.165, 1.54) is 0 Å². The van der Waals surface area contributed by atoms with Gasteiger partial charge < -0.3 is 20.5 Å². The highest BCUT2D eigenvalue weighted by molar-refractivity contribution is 5.75. The van der Waals surface area contributed by atoms with Crippen molar-refractivity contribution < 1.29 is 19.4 Å². The van der Waals surface area contributed by atoms with Crippen molar-refractivity contribution >= 4 is 12.0 Å². The van der Waals surface area contributed by atoms with Crippen LogP contribution in [0.15, 0.2) is 0 Å². The molecule has 2 amide bonds. The number of amides is 2. The summed E-state index contributed by atoms with van der Waals surface area (Å²) in [5.41, 5.74) is -0.426. The molecule has 0 rings (SSSR count). The van der Waals surface area contributed by atoms with Crippen LogP contribution in [0.4, 0.5) is 4.79 Å². The summed E-state index contributed by atoms with van der Waals surface area (Å²) in [6, 6.07) is -0.388. The SMILES string of the molecule is COC(C)(C)CNC(=O)NCCC(=O)O. The molecular weight excluding hydrogens is 200 g/mol. The third-order valence-electron chi connectivity index (χ3n) is 1.85. The second kappa shape index (κ2) is 6.23. The number of ether oxygens (including phenoxy) is 1. The van der Waals surface area contributed by atoms with Crippen molar-refractivity contribution in [1.82, 2.24) is 10.6 Å². The predicted molar refractivity (Wildman–Crippen MR) is 54.7 cm³/mol. The minimum atomic E-state index is -0.937. The number of urea groups is 1. The van der Waals surface area contributed by atoms with Crippen molar-refractivity contribution in [2.24, 2.45) is 0 Å². The van der Waals surface area contributed by atoms with Crippen LogP contribution in [0.2, 0.25) is 0 Å². The maximum Gasteiger partial charge on any atom is 0.314 e. The van der Waals surface area contributed by atoms with E-state index in [0.717, 1.165) is 0 Å². The molecule has 0 unspecified atom stereocenters. The van der Waals surface area contributed by atoms with Gasteiger partial charge in [0.1, 0.15) is 0 Å². The van der Waals surface area contributed by atoms with Crippen LogP contribution in [0.5, 0.6) is 0 Å². The third kappa shape index (κ3) is 7.75. The summed E-state index contributed by atoms with van der Waals surface area (Å²) in [6.45, 7) is 4.16. The Labute approximate surface area is 89.0 Å². The van der Waals surface area contributed by atoms with Gasteiger partial charge >= 0.3 is 12.0 Å². The zero-order valence-corrected chi connectivity index (χ0v) is 9.29. The number of aliphatic carboxylic acids is 1. The van der Waals surface area contributed by atoms with Crippen molar-refractivity contribution in [3.05, 3.63) is 0 Å². The summed E-state index contributed by atoms with van der Waals surface area (Å²) in [7, 11) is 1.56. The maximum atomic E-state index is 11.1. The van der Waals surface area contributed by atoms with Crippen molar-refractivity contribution in [1.29, 1.82) is 0 Å². The monoisotopic (exact) mass is 218 g/mol. The van der Waals surface area contributed by atoms with Gasteiger partial charge in [-0.25, -0.2) is 4.79 Å². The Morgan fingerprint density at radius 3 is 2.40 bits per heavy atom. The van der Waals surface area contributed by atoms with Gasteiger partial charge in [-0.05, 0) is 13.8 Å². The molecule has 0 fully saturated rings. The van der Waals surface area contributed by atoms with E-state index < -0.39 is 11.6 Å². The van der Waals surface area contributed by atoms with Crippen LogP contribution in [0.25, 0.3) is 0 Å². The van der Waals surface area contributed by atoms with E-state index in [0.29, 0.717) is 6.54 Å². The highest BCUT2D eigenvalue weighted by atomic mass is 16.5. The zero-order chi connectivity index (χ0) is 11.9. The lowest BCUT2D eigenvalue weighted by Crippen LogP contribution is -2.44. The smallest absolute Gasteiger partial charge is 0.314 e. The zero-order valence-electron chi connectivity index (χ0n) is 9.29. The average Bonchev–Trinajstić information content (AvgIpc) is 2.14. The average molecular weight is 218 g/mol. The minimum absolute atomic E-state index is 0.0823. The fourth-order valence-corrected chi connectivity index (χ4v) is 0.711. The van der Waals surface area contributed by atoms with Gasteiger partial charge in [0.05, 0.1) is 12.0 Å². The number of methoxy groups -OCH3 is 1. The Morgan fingerprint density at radius 2 is 1.93 bits per heavy atom. The summed E-state index contributed by atoms with van der Waals surface area (Å²) in [5, 5.41) is 13.3. The number of nitrogens with one attached hydrogen (secondary N) is 2. The second-order valence-electron chi connectivity index (χ2n) is 3.72. The summed E-state index contributed by atoms with van der Waals surface area (Å²) < 4.78 is 5.09. The van der Waals surface area contributed by atoms with Gasteiger partial charge in [-0.1, -0.05) is 0 Å². The van der Waals surface area contributed by atoms with Crippen molar-refractivity contribution in [2.45, 2.75) is 25.9 Å². The number of rotatable bonds is 6. The number of hydrogen-bond acceptors (Lipinski definition) is 3. The third-order valence-corrected chi connectivity index (χ3v) is 1.85. The Hall–Kier alpha value is -1.30. The molecule has 0 aliphatic heterocycles. The molecule has 0 atom stereocenters. The molecule has 0 heterocycles. The Kier molecular flexibility index (Phi) is 5.69. The quantitative estimate of drug-likeness (QED) is 0.593. The van der Waals surface area contributed by atoms with Crippen molar-refractivity contribution in [2.75, 3.05) is 20.2 Å². The first-order valence-electron chi connectivity index (χ1n) is 4.66. The van der Waals surface area contributed by atoms with Gasteiger partial charge in [0.2, 0.25) is 0 Å². The molecular formula is C9H18N2O4. The molecule has 6 nitrogen and oxygen atoms in total. The van der Waals surface area contributed by atoms with Gasteiger partial charge in [0.15, 0.2) is 0 Å². The van der Waals surface area contributed by atoms with Crippen molar-refractivity contribution in [3.8, 4) is 0 Å². The molecule has 0 bridgehead atoms. The van der Waals surface area contributed by atoms with Gasteiger partial charge in [-0.3, -0.25) is 4.79 Å². The van der Waals surface area contributed by atoms with E-state index in [2.05, 4.69) is 10.6 Å². The fourth-order valence-electron chi connectivity index (χ4n) is 0.711. The Bertz CT molecular complexity index is 228. The largest absolute Gasteiger partial charge is 0.481 e. The lowest BCUT2D eigenvalue weighted by atomic mass is 10.1. The Balaban J connectivity index is 3.62. The summed E-state index contributed by atoms with van der Waals surface area (Å²) >= 11 is 0. The van der Waals surface area contributed by atoms with Crippen molar-refractivity contribution in [3.63, 3.8) is 0 Å². The molecule has 0 aromatic carbocycles. The van der Waals surface area contributed by atoms with E-state index in [1.807, 2.05) is 13.8 Å². The molecule has 88 valence electrons. The first kappa shape index (κ1) is 13.7. The van der Waals surface area contributed by atoms with Crippen LogP contribution in [-0.4, -0.2) is 42.9 Å². The highest BCUT2D eigenvalue weighted by Crippen LogP contribution is 2.04. The van der Waals surface area contributed by atoms with Crippen LogP contribution < -0.4 is 10.6 Å². The standard InChI is InChI=1S/C9H18N2O4/c1-9(2,15-3)6-11-8(14)10-5-4-7(12)13/h4-6H2,1-3H3,(H,12,13)(H2,10,11,14). The Morgan fingerprint density at radius 1 is 1.33 bits per heavy atom. The lowest BCUT2D eigenvalue weighted by molar-refractivity contribution is -0.136. The summed E-state index contributed by atoms with van der Waals surface area (Å²) in [4.78, 5) is 21.3. The molecule has 0 aliphatic carbocycles. The molecule has 0 aromatic rings. The maximum absolute atomic E-state index is 11.1. The van der Waals surface area contributed by atoms with Crippen LogP contribution in [0.1, 0.15) is 20.3 Å². The van der Waals surface area contributed by atoms with Gasteiger partial charge in [-0.2, -0.15) is 0 Å². The van der Waals surface area contributed by atoms with Gasteiger partial charge in [0.25, 0.3) is 0 Å². The number of carbonyl (C=O) groups is 2. The fraction of sp³-hybridized carbons (Fsp3) is 0.778. The summed E-state index contributed by atoms with van der Waals surface area (Å²) in [5.74, 6) is -0.937. The number of hydrogen-bond donors (Lipinski definition) is 3. The van der Waals surface area contributed by atoms with Crippen LogP contribution in [0, 0.1) is 0 Å². The van der Waals surface area contributed by atoms with Gasteiger partial charge in [-0.15, -0.1) is 0 Å².